The number of hydrogen-bond donors (Lipinski definition) is 0. The summed E-state index contributed by atoms with van der Waals surface area (Å²) in [5.41, 5.74) is -1.63. The van der Waals surface area contributed by atoms with E-state index < -0.39 is 29.4 Å². The molecule has 0 aliphatic heterocycles. The van der Waals surface area contributed by atoms with Gasteiger partial charge in [0.05, 0.1) is 13.2 Å². The molecule has 1 aliphatic carbocycles. The Bertz CT molecular complexity index is 658. The van der Waals surface area contributed by atoms with Crippen LogP contribution in [-0.4, -0.2) is 36.7 Å². The molecule has 1 saturated carbocycles. The molecule has 0 amide bonds. The van der Waals surface area contributed by atoms with Crippen molar-refractivity contribution in [2.24, 2.45) is 11.8 Å². The molecule has 6 nitrogen and oxygen atoms in total. The molecule has 2 unspecified atom stereocenters. The van der Waals surface area contributed by atoms with Gasteiger partial charge in [-0.05, 0) is 38.0 Å². The van der Waals surface area contributed by atoms with Crippen molar-refractivity contribution in [3.05, 3.63) is 12.7 Å². The predicted octanol–water partition coefficient (Wildman–Crippen LogP) is 7.87. The first kappa shape index (κ1) is 33.2. The third-order valence-corrected chi connectivity index (χ3v) is 7.33. The Balaban J connectivity index is 2.57. The molecule has 1 rings (SSSR count). The van der Waals surface area contributed by atoms with Crippen molar-refractivity contribution < 1.29 is 28.6 Å². The average Bonchev–Trinajstić information content (AvgIpc) is 2.88. The van der Waals surface area contributed by atoms with Crippen LogP contribution in [0.3, 0.4) is 0 Å². The van der Waals surface area contributed by atoms with E-state index in [1.54, 1.807) is 0 Å². The van der Waals surface area contributed by atoms with E-state index in [0.717, 1.165) is 56.9 Å². The Labute approximate surface area is 226 Å². The monoisotopic (exact) mass is 522 g/mol. The second kappa shape index (κ2) is 20.2. The fourth-order valence-corrected chi connectivity index (χ4v) is 5.06. The molecule has 0 aromatic rings. The van der Waals surface area contributed by atoms with Crippen LogP contribution in [-0.2, 0) is 28.6 Å². The Kier molecular flexibility index (Phi) is 18.1. The Morgan fingerprint density at radius 3 is 2.00 bits per heavy atom. The molecule has 6 heteroatoms. The van der Waals surface area contributed by atoms with Crippen molar-refractivity contribution in [1.29, 1.82) is 0 Å². The van der Waals surface area contributed by atoms with E-state index in [2.05, 4.69) is 27.4 Å². The number of carbonyl (C=O) groups is 3. The molecular weight excluding hydrogens is 468 g/mol. The molecule has 0 radical (unpaired) electrons. The van der Waals surface area contributed by atoms with E-state index >= 15 is 0 Å². The smallest absolute Gasteiger partial charge is 0.351 e. The fraction of sp³-hybridized carbons (Fsp3) is 0.839. The van der Waals surface area contributed by atoms with Crippen LogP contribution in [0.2, 0.25) is 0 Å². The highest BCUT2D eigenvalue weighted by Crippen LogP contribution is 2.39. The highest BCUT2D eigenvalue weighted by Gasteiger charge is 2.55. The van der Waals surface area contributed by atoms with Gasteiger partial charge in [-0.2, -0.15) is 0 Å². The molecule has 1 fully saturated rings. The minimum absolute atomic E-state index is 0.262. The quantitative estimate of drug-likeness (QED) is 0.0660. The van der Waals surface area contributed by atoms with Crippen LogP contribution < -0.4 is 0 Å². The van der Waals surface area contributed by atoms with Crippen LogP contribution in [0.25, 0.3) is 0 Å². The Morgan fingerprint density at radius 1 is 0.838 bits per heavy atom. The van der Waals surface area contributed by atoms with Crippen LogP contribution in [0.1, 0.15) is 136 Å². The van der Waals surface area contributed by atoms with Gasteiger partial charge in [0.1, 0.15) is 5.92 Å². The molecule has 0 heterocycles. The van der Waals surface area contributed by atoms with Crippen LogP contribution in [0.15, 0.2) is 12.7 Å². The second-order valence-electron chi connectivity index (χ2n) is 11.0. The van der Waals surface area contributed by atoms with E-state index in [0.29, 0.717) is 19.4 Å². The number of carbonyl (C=O) groups excluding carboxylic acids is 3. The number of rotatable bonds is 21. The first-order valence-electron chi connectivity index (χ1n) is 15.1. The van der Waals surface area contributed by atoms with Gasteiger partial charge in [-0.15, -0.1) is 0 Å². The third kappa shape index (κ3) is 13.5. The summed E-state index contributed by atoms with van der Waals surface area (Å²) in [6, 6.07) is 0. The lowest BCUT2D eigenvalue weighted by Gasteiger charge is -2.39. The van der Waals surface area contributed by atoms with Crippen LogP contribution >= 0.6 is 0 Å². The van der Waals surface area contributed by atoms with Crippen molar-refractivity contribution in [3.8, 4) is 0 Å². The molecule has 0 bridgehead atoms. The predicted molar refractivity (Wildman–Crippen MR) is 148 cm³/mol. The largest absolute Gasteiger partial charge is 0.465 e. The lowest BCUT2D eigenvalue weighted by atomic mass is 9.75. The highest BCUT2D eigenvalue weighted by molar-refractivity contribution is 5.92. The number of ether oxygens (including phenoxy) is 3. The Morgan fingerprint density at radius 2 is 1.41 bits per heavy atom. The van der Waals surface area contributed by atoms with Gasteiger partial charge >= 0.3 is 17.9 Å². The zero-order chi connectivity index (χ0) is 27.4. The summed E-state index contributed by atoms with van der Waals surface area (Å²) in [6.07, 6.45) is 18.9. The normalized spacial score (nSPS) is 19.4. The van der Waals surface area contributed by atoms with E-state index in [1.807, 2.05) is 0 Å². The van der Waals surface area contributed by atoms with Gasteiger partial charge in [0.2, 0.25) is 5.60 Å². The van der Waals surface area contributed by atoms with Gasteiger partial charge in [-0.25, -0.2) is 9.59 Å². The minimum Gasteiger partial charge on any atom is -0.465 e. The lowest BCUT2D eigenvalue weighted by Crippen LogP contribution is -2.55. The summed E-state index contributed by atoms with van der Waals surface area (Å²) in [6.45, 7) is 10.7. The Hall–Kier alpha value is -1.85. The standard InChI is InChI=1S/C31H54O6/c1-5-7-8-9-10-11-14-20-25-36-30(34)31(37-28(32)6-2)23-18-17-22-27(31)29(33)35-24-19-15-12-13-16-21-26(3)4/h6,26-27H,2,5,7-25H2,1,3-4H3. The van der Waals surface area contributed by atoms with Crippen molar-refractivity contribution in [1.82, 2.24) is 0 Å². The molecular formula is C31H54O6. The van der Waals surface area contributed by atoms with Crippen LogP contribution in [0, 0.1) is 11.8 Å². The summed E-state index contributed by atoms with van der Waals surface area (Å²) in [7, 11) is 0. The van der Waals surface area contributed by atoms with Gasteiger partial charge in [0, 0.05) is 6.08 Å². The molecule has 0 spiro atoms. The van der Waals surface area contributed by atoms with E-state index in [9.17, 15) is 14.4 Å². The SMILES string of the molecule is C=CC(=O)OC1(C(=O)OCCCCCCCCCC)CCCCC1C(=O)OCCCCCCCC(C)C. The molecule has 214 valence electrons. The molecule has 0 N–H and O–H groups in total. The van der Waals surface area contributed by atoms with Crippen LogP contribution in [0.4, 0.5) is 0 Å². The summed E-state index contributed by atoms with van der Waals surface area (Å²) in [5, 5.41) is 0. The number of hydrogen-bond acceptors (Lipinski definition) is 6. The number of unbranched alkanes of at least 4 members (excludes halogenated alkanes) is 11. The highest BCUT2D eigenvalue weighted by atomic mass is 16.6. The topological polar surface area (TPSA) is 78.9 Å². The average molecular weight is 523 g/mol. The molecule has 0 saturated heterocycles. The molecule has 37 heavy (non-hydrogen) atoms. The zero-order valence-corrected chi connectivity index (χ0v) is 24.0. The summed E-state index contributed by atoms with van der Waals surface area (Å²) < 4.78 is 16.8. The number of esters is 3. The van der Waals surface area contributed by atoms with Gasteiger partial charge in [-0.1, -0.05) is 111 Å². The first-order valence-corrected chi connectivity index (χ1v) is 15.1. The van der Waals surface area contributed by atoms with Crippen molar-refractivity contribution in [2.75, 3.05) is 13.2 Å². The molecule has 0 aromatic heterocycles. The molecule has 2 atom stereocenters. The van der Waals surface area contributed by atoms with Crippen molar-refractivity contribution >= 4 is 17.9 Å². The lowest BCUT2D eigenvalue weighted by molar-refractivity contribution is -0.198. The maximum atomic E-state index is 13.3. The van der Waals surface area contributed by atoms with Gasteiger partial charge in [-0.3, -0.25) is 4.79 Å². The minimum atomic E-state index is -1.63. The second-order valence-corrected chi connectivity index (χ2v) is 11.0. The summed E-state index contributed by atoms with van der Waals surface area (Å²) in [4.78, 5) is 38.6. The van der Waals surface area contributed by atoms with E-state index in [1.165, 1.54) is 51.4 Å². The first-order chi connectivity index (χ1) is 17.9. The zero-order valence-electron chi connectivity index (χ0n) is 24.0. The van der Waals surface area contributed by atoms with Crippen LogP contribution in [0.5, 0.6) is 0 Å². The summed E-state index contributed by atoms with van der Waals surface area (Å²) >= 11 is 0. The van der Waals surface area contributed by atoms with Crippen molar-refractivity contribution in [3.63, 3.8) is 0 Å². The molecule has 1 aliphatic rings. The maximum Gasteiger partial charge on any atom is 0.351 e. The fourth-order valence-electron chi connectivity index (χ4n) is 5.06. The maximum absolute atomic E-state index is 13.3. The molecule has 0 aromatic carbocycles. The van der Waals surface area contributed by atoms with Gasteiger partial charge in [0.15, 0.2) is 0 Å². The summed E-state index contributed by atoms with van der Waals surface area (Å²) in [5.74, 6) is -1.93. The third-order valence-electron chi connectivity index (χ3n) is 7.33. The van der Waals surface area contributed by atoms with E-state index in [4.69, 9.17) is 14.2 Å². The van der Waals surface area contributed by atoms with Gasteiger partial charge < -0.3 is 14.2 Å². The van der Waals surface area contributed by atoms with E-state index in [-0.39, 0.29) is 13.0 Å². The van der Waals surface area contributed by atoms with Gasteiger partial charge in [0.25, 0.3) is 0 Å². The van der Waals surface area contributed by atoms with Crippen molar-refractivity contribution in [2.45, 2.75) is 142 Å².